The summed E-state index contributed by atoms with van der Waals surface area (Å²) in [7, 11) is 0. The van der Waals surface area contributed by atoms with E-state index in [-0.39, 0.29) is 23.1 Å². The highest BCUT2D eigenvalue weighted by Crippen LogP contribution is 2.20. The van der Waals surface area contributed by atoms with Crippen LogP contribution in [0.3, 0.4) is 0 Å². The number of carbonyl (C=O) groups is 2. The van der Waals surface area contributed by atoms with Gasteiger partial charge in [-0.3, -0.25) is 24.5 Å². The zero-order chi connectivity index (χ0) is 20.1. The van der Waals surface area contributed by atoms with Gasteiger partial charge < -0.3 is 15.2 Å². The number of aromatic amines is 1. The fourth-order valence-electron chi connectivity index (χ4n) is 3.18. The molecular formula is C19H20N4O5. The quantitative estimate of drug-likeness (QED) is 0.596. The maximum atomic E-state index is 12.6. The Morgan fingerprint density at radius 2 is 1.89 bits per heavy atom. The molecule has 1 aliphatic heterocycles. The fourth-order valence-corrected chi connectivity index (χ4v) is 3.18. The van der Waals surface area contributed by atoms with E-state index in [0.29, 0.717) is 32.5 Å². The molecule has 9 heteroatoms. The van der Waals surface area contributed by atoms with Gasteiger partial charge >= 0.3 is 0 Å². The molecule has 1 aromatic carbocycles. The third-order valence-corrected chi connectivity index (χ3v) is 4.79. The van der Waals surface area contributed by atoms with Crippen molar-refractivity contribution in [3.63, 3.8) is 0 Å². The van der Waals surface area contributed by atoms with E-state index in [1.165, 1.54) is 4.90 Å². The van der Waals surface area contributed by atoms with Crippen molar-refractivity contribution in [2.75, 3.05) is 13.1 Å². The number of hydrogen-bond acceptors (Lipinski definition) is 5. The van der Waals surface area contributed by atoms with Gasteiger partial charge in [-0.25, -0.2) is 0 Å². The second kappa shape index (κ2) is 8.47. The summed E-state index contributed by atoms with van der Waals surface area (Å²) < 4.78 is 0. The molecular weight excluding hydrogens is 364 g/mol. The van der Waals surface area contributed by atoms with Crippen molar-refractivity contribution in [1.29, 1.82) is 0 Å². The van der Waals surface area contributed by atoms with E-state index >= 15 is 0 Å². The van der Waals surface area contributed by atoms with E-state index in [2.05, 4.69) is 10.3 Å². The molecule has 28 heavy (non-hydrogen) atoms. The van der Waals surface area contributed by atoms with Gasteiger partial charge in [0.2, 0.25) is 5.91 Å². The van der Waals surface area contributed by atoms with Crippen molar-refractivity contribution in [2.45, 2.75) is 19.4 Å². The van der Waals surface area contributed by atoms with E-state index in [9.17, 15) is 24.5 Å². The van der Waals surface area contributed by atoms with Crippen molar-refractivity contribution >= 4 is 17.5 Å². The predicted octanol–water partition coefficient (Wildman–Crippen LogP) is 1.45. The van der Waals surface area contributed by atoms with Crippen LogP contribution in [0, 0.1) is 16.0 Å². The lowest BCUT2D eigenvalue weighted by Crippen LogP contribution is -2.44. The van der Waals surface area contributed by atoms with Crippen LogP contribution in [0.25, 0.3) is 0 Å². The van der Waals surface area contributed by atoms with Crippen LogP contribution in [-0.2, 0) is 11.3 Å². The van der Waals surface area contributed by atoms with E-state index in [4.69, 9.17) is 0 Å². The van der Waals surface area contributed by atoms with Crippen LogP contribution in [0.15, 0.2) is 47.4 Å². The minimum absolute atomic E-state index is 0.0656. The first kappa shape index (κ1) is 19.3. The number of nitrogens with zero attached hydrogens (tertiary/aromatic N) is 2. The lowest BCUT2D eigenvalue weighted by Gasteiger charge is -2.31. The SMILES string of the molecule is O=C(NCc1ccccc1)C1CCN(C(=O)c2cc([N+](=O)[O-])c[nH]c2=O)CC1. The highest BCUT2D eigenvalue weighted by Gasteiger charge is 2.29. The molecule has 0 bridgehead atoms. The van der Waals surface area contributed by atoms with Crippen molar-refractivity contribution in [3.05, 3.63) is 74.2 Å². The number of rotatable bonds is 5. The smallest absolute Gasteiger partial charge is 0.286 e. The fraction of sp³-hybridized carbons (Fsp3) is 0.316. The Balaban J connectivity index is 1.57. The summed E-state index contributed by atoms with van der Waals surface area (Å²) in [5.41, 5.74) is -0.272. The Bertz CT molecular complexity index is 933. The first-order chi connectivity index (χ1) is 13.5. The van der Waals surface area contributed by atoms with Crippen molar-refractivity contribution in [3.8, 4) is 0 Å². The van der Waals surface area contributed by atoms with Gasteiger partial charge in [0, 0.05) is 31.6 Å². The molecule has 3 rings (SSSR count). The number of amides is 2. The van der Waals surface area contributed by atoms with Crippen LogP contribution in [0.2, 0.25) is 0 Å². The second-order valence-corrected chi connectivity index (χ2v) is 6.63. The third-order valence-electron chi connectivity index (χ3n) is 4.79. The Morgan fingerprint density at radius 1 is 1.21 bits per heavy atom. The van der Waals surface area contributed by atoms with Crippen molar-refractivity contribution in [1.82, 2.24) is 15.2 Å². The van der Waals surface area contributed by atoms with E-state index in [1.807, 2.05) is 30.3 Å². The Hall–Kier alpha value is -3.49. The topological polar surface area (TPSA) is 125 Å². The van der Waals surface area contributed by atoms with Crippen molar-refractivity contribution < 1.29 is 14.5 Å². The van der Waals surface area contributed by atoms with Crippen molar-refractivity contribution in [2.24, 2.45) is 5.92 Å². The standard InChI is InChI=1S/C19H20N4O5/c24-17(20-11-13-4-2-1-3-5-13)14-6-8-22(9-7-14)19(26)16-10-15(23(27)28)12-21-18(16)25/h1-5,10,12,14H,6-9,11H2,(H,20,24)(H,21,25). The first-order valence-corrected chi connectivity index (χ1v) is 8.93. The number of carbonyl (C=O) groups excluding carboxylic acids is 2. The first-order valence-electron chi connectivity index (χ1n) is 8.93. The molecule has 2 N–H and O–H groups in total. The van der Waals surface area contributed by atoms with Gasteiger partial charge in [0.05, 0.1) is 11.1 Å². The molecule has 0 spiro atoms. The van der Waals surface area contributed by atoms with Crippen LogP contribution >= 0.6 is 0 Å². The summed E-state index contributed by atoms with van der Waals surface area (Å²) >= 11 is 0. The number of hydrogen-bond donors (Lipinski definition) is 2. The lowest BCUT2D eigenvalue weighted by atomic mass is 9.95. The number of nitro groups is 1. The molecule has 1 aromatic heterocycles. The Kier molecular flexibility index (Phi) is 5.83. The summed E-state index contributed by atoms with van der Waals surface area (Å²) in [4.78, 5) is 50.7. The van der Waals surface area contributed by atoms with Gasteiger partial charge in [-0.2, -0.15) is 0 Å². The Morgan fingerprint density at radius 3 is 2.54 bits per heavy atom. The zero-order valence-electron chi connectivity index (χ0n) is 15.1. The molecule has 146 valence electrons. The minimum Gasteiger partial charge on any atom is -0.352 e. The zero-order valence-corrected chi connectivity index (χ0v) is 15.1. The van der Waals surface area contributed by atoms with Crippen LogP contribution in [0.1, 0.15) is 28.8 Å². The molecule has 0 aliphatic carbocycles. The van der Waals surface area contributed by atoms with E-state index in [1.54, 1.807) is 0 Å². The molecule has 0 radical (unpaired) electrons. The average molecular weight is 384 g/mol. The van der Waals surface area contributed by atoms with Gasteiger partial charge in [0.1, 0.15) is 5.56 Å². The normalized spacial score (nSPS) is 14.5. The maximum Gasteiger partial charge on any atom is 0.286 e. The lowest BCUT2D eigenvalue weighted by molar-refractivity contribution is -0.385. The van der Waals surface area contributed by atoms with E-state index < -0.39 is 16.4 Å². The minimum atomic E-state index is -0.671. The summed E-state index contributed by atoms with van der Waals surface area (Å²) in [6, 6.07) is 10.6. The maximum absolute atomic E-state index is 12.6. The number of benzene rings is 1. The summed E-state index contributed by atoms with van der Waals surface area (Å²) in [6.45, 7) is 1.07. The predicted molar refractivity (Wildman–Crippen MR) is 101 cm³/mol. The van der Waals surface area contributed by atoms with Gasteiger partial charge in [-0.05, 0) is 18.4 Å². The molecule has 1 fully saturated rings. The summed E-state index contributed by atoms with van der Waals surface area (Å²) in [5.74, 6) is -0.839. The molecule has 9 nitrogen and oxygen atoms in total. The highest BCUT2D eigenvalue weighted by molar-refractivity contribution is 5.94. The molecule has 2 amide bonds. The number of aromatic nitrogens is 1. The van der Waals surface area contributed by atoms with Gasteiger partial charge in [0.25, 0.3) is 17.2 Å². The summed E-state index contributed by atoms with van der Waals surface area (Å²) in [6.07, 6.45) is 1.90. The molecule has 0 saturated carbocycles. The van der Waals surface area contributed by atoms with Crippen LogP contribution in [-0.4, -0.2) is 39.7 Å². The molecule has 1 saturated heterocycles. The average Bonchev–Trinajstić information content (AvgIpc) is 2.72. The number of piperidine rings is 1. The third kappa shape index (κ3) is 4.43. The molecule has 1 aliphatic rings. The second-order valence-electron chi connectivity index (χ2n) is 6.63. The van der Waals surface area contributed by atoms with Crippen LogP contribution in [0.5, 0.6) is 0 Å². The monoisotopic (exact) mass is 384 g/mol. The summed E-state index contributed by atoms with van der Waals surface area (Å²) in [5, 5.41) is 13.8. The molecule has 0 unspecified atom stereocenters. The number of likely N-dealkylation sites (tertiary alicyclic amines) is 1. The van der Waals surface area contributed by atoms with Gasteiger partial charge in [-0.15, -0.1) is 0 Å². The molecule has 2 heterocycles. The number of pyridine rings is 1. The number of nitrogens with one attached hydrogen (secondary N) is 2. The highest BCUT2D eigenvalue weighted by atomic mass is 16.6. The van der Waals surface area contributed by atoms with Gasteiger partial charge in [0.15, 0.2) is 0 Å². The largest absolute Gasteiger partial charge is 0.352 e. The Labute approximate surface area is 160 Å². The van der Waals surface area contributed by atoms with Gasteiger partial charge in [-0.1, -0.05) is 30.3 Å². The number of H-pyrrole nitrogens is 1. The van der Waals surface area contributed by atoms with Crippen LogP contribution < -0.4 is 10.9 Å². The van der Waals surface area contributed by atoms with E-state index in [0.717, 1.165) is 17.8 Å². The molecule has 2 aromatic rings. The molecule has 0 atom stereocenters. The van der Waals surface area contributed by atoms with Crippen LogP contribution in [0.4, 0.5) is 5.69 Å².